The van der Waals surface area contributed by atoms with Crippen LogP contribution >= 0.6 is 0 Å². The van der Waals surface area contributed by atoms with E-state index in [1.807, 2.05) is 0 Å². The third-order valence-corrected chi connectivity index (χ3v) is 3.59. The number of aromatic nitrogens is 2. The van der Waals surface area contributed by atoms with Gasteiger partial charge in [-0.3, -0.25) is 5.10 Å². The van der Waals surface area contributed by atoms with Gasteiger partial charge in [0.25, 0.3) is 0 Å². The van der Waals surface area contributed by atoms with Crippen LogP contribution in [0.2, 0.25) is 0 Å². The van der Waals surface area contributed by atoms with Crippen molar-refractivity contribution in [2.75, 3.05) is 0 Å². The van der Waals surface area contributed by atoms with Crippen molar-refractivity contribution in [3.63, 3.8) is 0 Å². The number of nitrogens with zero attached hydrogens (tertiary/aromatic N) is 1. The quantitative estimate of drug-likeness (QED) is 0.869. The molecule has 0 unspecified atom stereocenters. The molecule has 0 aliphatic heterocycles. The summed E-state index contributed by atoms with van der Waals surface area (Å²) in [6.07, 6.45) is 9.60. The van der Waals surface area contributed by atoms with Crippen LogP contribution in [0.3, 0.4) is 0 Å². The lowest BCUT2D eigenvalue weighted by molar-refractivity contribution is 0.989. The molecule has 0 spiro atoms. The molecule has 3 rings (SSSR count). The van der Waals surface area contributed by atoms with Crippen LogP contribution in [0, 0.1) is 0 Å². The van der Waals surface area contributed by atoms with E-state index in [1.54, 1.807) is 6.08 Å². The van der Waals surface area contributed by atoms with E-state index in [9.17, 15) is 0 Å². The number of H-pyrrole nitrogens is 1. The van der Waals surface area contributed by atoms with Gasteiger partial charge in [0.15, 0.2) is 0 Å². The molecule has 1 aromatic carbocycles. The van der Waals surface area contributed by atoms with E-state index >= 15 is 0 Å². The van der Waals surface area contributed by atoms with Crippen LogP contribution in [0.15, 0.2) is 60.7 Å². The van der Waals surface area contributed by atoms with Crippen molar-refractivity contribution in [3.05, 3.63) is 77.7 Å². The van der Waals surface area contributed by atoms with Gasteiger partial charge in [-0.25, -0.2) is 0 Å². The third kappa shape index (κ3) is 2.64. The maximum absolute atomic E-state index is 4.24. The molecule has 20 heavy (non-hydrogen) atoms. The van der Waals surface area contributed by atoms with Gasteiger partial charge >= 0.3 is 0 Å². The highest BCUT2D eigenvalue weighted by atomic mass is 15.1. The topological polar surface area (TPSA) is 28.7 Å². The minimum Gasteiger partial charge on any atom is -0.277 e. The number of allylic oxidation sites excluding steroid dienone is 4. The normalized spacial score (nSPS) is 14.6. The lowest BCUT2D eigenvalue weighted by atomic mass is 9.90. The minimum absolute atomic E-state index is 0.894. The fourth-order valence-electron chi connectivity index (χ4n) is 2.57. The zero-order valence-corrected chi connectivity index (χ0v) is 11.5. The van der Waals surface area contributed by atoms with E-state index in [-0.39, 0.29) is 0 Å². The molecule has 2 heteroatoms. The molecule has 1 heterocycles. The number of rotatable bonds is 4. The average Bonchev–Trinajstić information content (AvgIpc) is 2.98. The van der Waals surface area contributed by atoms with Gasteiger partial charge < -0.3 is 0 Å². The number of nitrogens with one attached hydrogen (secondary N) is 1. The molecule has 100 valence electrons. The van der Waals surface area contributed by atoms with Crippen LogP contribution < -0.4 is 0 Å². The summed E-state index contributed by atoms with van der Waals surface area (Å²) < 4.78 is 0. The van der Waals surface area contributed by atoms with Crippen molar-refractivity contribution in [1.82, 2.24) is 10.2 Å². The smallest absolute Gasteiger partial charge is 0.0849 e. The van der Waals surface area contributed by atoms with Crippen molar-refractivity contribution < 1.29 is 0 Å². The molecule has 2 aromatic rings. The Labute approximate surface area is 119 Å². The van der Waals surface area contributed by atoms with Gasteiger partial charge in [-0.05, 0) is 48.1 Å². The maximum atomic E-state index is 4.24. The predicted octanol–water partition coefficient (Wildman–Crippen LogP) is 4.40. The van der Waals surface area contributed by atoms with Gasteiger partial charge in [-0.15, -0.1) is 0 Å². The van der Waals surface area contributed by atoms with Crippen LogP contribution in [0.25, 0.3) is 11.6 Å². The van der Waals surface area contributed by atoms with Crippen LogP contribution in [0.4, 0.5) is 0 Å². The molecule has 1 aromatic heterocycles. The van der Waals surface area contributed by atoms with Crippen molar-refractivity contribution in [3.8, 4) is 0 Å². The first kappa shape index (κ1) is 12.7. The van der Waals surface area contributed by atoms with Gasteiger partial charge in [0.05, 0.1) is 11.4 Å². The Kier molecular flexibility index (Phi) is 3.64. The Morgan fingerprint density at radius 3 is 2.70 bits per heavy atom. The first-order chi connectivity index (χ1) is 9.86. The van der Waals surface area contributed by atoms with Crippen LogP contribution in [-0.4, -0.2) is 10.2 Å². The van der Waals surface area contributed by atoms with Crippen molar-refractivity contribution >= 4 is 11.6 Å². The fourth-order valence-corrected chi connectivity index (χ4v) is 2.57. The lowest BCUT2D eigenvalue weighted by Gasteiger charge is -2.15. The summed E-state index contributed by atoms with van der Waals surface area (Å²) in [7, 11) is 0. The number of aromatic amines is 1. The molecular formula is C18H18N2. The standard InChI is InChI=1S/C18H18N2/c1-2-16-13-18(20-19-16)17-11-7-6-10-15(17)12-14-8-4-3-5-9-14/h2-5,8-11,13H,1,6-7,12H2,(H,19,20). The van der Waals surface area contributed by atoms with E-state index in [1.165, 1.54) is 16.7 Å². The molecule has 2 nitrogen and oxygen atoms in total. The monoisotopic (exact) mass is 262 g/mol. The molecule has 0 radical (unpaired) electrons. The van der Waals surface area contributed by atoms with Crippen LogP contribution in [-0.2, 0) is 6.42 Å². The molecule has 1 aliphatic rings. The predicted molar refractivity (Wildman–Crippen MR) is 84.1 cm³/mol. The van der Waals surface area contributed by atoms with E-state index in [0.717, 1.165) is 30.7 Å². The van der Waals surface area contributed by atoms with Crippen molar-refractivity contribution in [1.29, 1.82) is 0 Å². The molecule has 0 saturated heterocycles. The molecule has 0 atom stereocenters. The van der Waals surface area contributed by atoms with E-state index in [0.29, 0.717) is 0 Å². The zero-order valence-electron chi connectivity index (χ0n) is 11.5. The summed E-state index contributed by atoms with van der Waals surface area (Å²) in [5.74, 6) is 0. The summed E-state index contributed by atoms with van der Waals surface area (Å²) in [5, 5.41) is 7.35. The first-order valence-electron chi connectivity index (χ1n) is 6.98. The molecule has 0 bridgehead atoms. The highest BCUT2D eigenvalue weighted by Crippen LogP contribution is 2.30. The molecule has 0 saturated carbocycles. The summed E-state index contributed by atoms with van der Waals surface area (Å²) in [5.41, 5.74) is 5.98. The molecular weight excluding hydrogens is 244 g/mol. The lowest BCUT2D eigenvalue weighted by Crippen LogP contribution is -1.99. The van der Waals surface area contributed by atoms with Gasteiger partial charge in [0.1, 0.15) is 0 Å². The van der Waals surface area contributed by atoms with Crippen molar-refractivity contribution in [2.24, 2.45) is 0 Å². The Hall–Kier alpha value is -2.35. The molecule has 0 fully saturated rings. The highest BCUT2D eigenvalue weighted by molar-refractivity contribution is 5.79. The van der Waals surface area contributed by atoms with Gasteiger partial charge in [-0.1, -0.05) is 49.1 Å². The highest BCUT2D eigenvalue weighted by Gasteiger charge is 2.13. The number of hydrogen-bond acceptors (Lipinski definition) is 1. The number of benzene rings is 1. The number of hydrogen-bond donors (Lipinski definition) is 1. The second-order valence-electron chi connectivity index (χ2n) is 5.00. The molecule has 0 amide bonds. The van der Waals surface area contributed by atoms with Gasteiger partial charge in [-0.2, -0.15) is 5.10 Å². The summed E-state index contributed by atoms with van der Waals surface area (Å²) in [4.78, 5) is 0. The SMILES string of the molecule is C=Cc1cc(C2=CCCC=C2Cc2ccccc2)[nH]n1. The summed E-state index contributed by atoms with van der Waals surface area (Å²) in [6.45, 7) is 3.76. The second-order valence-corrected chi connectivity index (χ2v) is 5.00. The van der Waals surface area contributed by atoms with E-state index < -0.39 is 0 Å². The largest absolute Gasteiger partial charge is 0.277 e. The maximum Gasteiger partial charge on any atom is 0.0849 e. The van der Waals surface area contributed by atoms with E-state index in [4.69, 9.17) is 0 Å². The van der Waals surface area contributed by atoms with E-state index in [2.05, 4.69) is 65.3 Å². The molecule has 1 aliphatic carbocycles. The summed E-state index contributed by atoms with van der Waals surface area (Å²) >= 11 is 0. The van der Waals surface area contributed by atoms with Crippen LogP contribution in [0.5, 0.6) is 0 Å². The molecule has 1 N–H and O–H groups in total. The Morgan fingerprint density at radius 1 is 1.15 bits per heavy atom. The van der Waals surface area contributed by atoms with Gasteiger partial charge in [0, 0.05) is 0 Å². The Balaban J connectivity index is 1.87. The van der Waals surface area contributed by atoms with Crippen LogP contribution in [0.1, 0.15) is 29.8 Å². The third-order valence-electron chi connectivity index (χ3n) is 3.59. The minimum atomic E-state index is 0.894. The zero-order chi connectivity index (χ0) is 13.8. The van der Waals surface area contributed by atoms with Crippen molar-refractivity contribution in [2.45, 2.75) is 19.3 Å². The fraction of sp³-hybridized carbons (Fsp3) is 0.167. The Bertz CT molecular complexity index is 660. The van der Waals surface area contributed by atoms with Gasteiger partial charge in [0.2, 0.25) is 0 Å². The second kappa shape index (κ2) is 5.74. The Morgan fingerprint density at radius 2 is 1.95 bits per heavy atom. The average molecular weight is 262 g/mol. The first-order valence-corrected chi connectivity index (χ1v) is 6.98. The summed E-state index contributed by atoms with van der Waals surface area (Å²) in [6, 6.07) is 12.6.